The summed E-state index contributed by atoms with van der Waals surface area (Å²) in [5.74, 6) is -2.30. The van der Waals surface area contributed by atoms with Crippen molar-refractivity contribution < 1.29 is 20.1 Å². The molecule has 0 unspecified atom stereocenters. The number of nitrogens with zero attached hydrogens (tertiary/aromatic N) is 1. The number of carboxylic acid groups (broad SMARTS) is 1. The first-order valence-corrected chi connectivity index (χ1v) is 4.28. The Morgan fingerprint density at radius 1 is 1.29 bits per heavy atom. The van der Waals surface area contributed by atoms with Crippen molar-refractivity contribution in [2.24, 2.45) is 0 Å². The van der Waals surface area contributed by atoms with Crippen molar-refractivity contribution in [1.82, 2.24) is 4.98 Å². The second-order valence-electron chi connectivity index (χ2n) is 3.24. The summed E-state index contributed by atoms with van der Waals surface area (Å²) in [6.07, 6.45) is 2.13. The minimum absolute atomic E-state index is 0.336. The quantitative estimate of drug-likeness (QED) is 0.613. The fourth-order valence-corrected chi connectivity index (χ4v) is 1.74. The van der Waals surface area contributed by atoms with Crippen molar-refractivity contribution in [3.8, 4) is 11.6 Å². The molecule has 0 fully saturated rings. The number of aromatic nitrogens is 1. The van der Waals surface area contributed by atoms with Crippen LogP contribution < -0.4 is 0 Å². The molecule has 5 nitrogen and oxygen atoms in total. The largest absolute Gasteiger partial charge is 0.506 e. The van der Waals surface area contributed by atoms with E-state index < -0.39 is 17.4 Å². The lowest BCUT2D eigenvalue weighted by Gasteiger charge is -2.06. The molecule has 0 spiro atoms. The van der Waals surface area contributed by atoms with Crippen LogP contribution in [0.25, 0.3) is 0 Å². The topological polar surface area (TPSA) is 90.7 Å². The van der Waals surface area contributed by atoms with Gasteiger partial charge in [0, 0.05) is 5.56 Å². The molecular weight excluding hydrogens is 186 g/mol. The van der Waals surface area contributed by atoms with Crippen LogP contribution in [0.4, 0.5) is 0 Å². The van der Waals surface area contributed by atoms with E-state index in [1.165, 1.54) is 0 Å². The summed E-state index contributed by atoms with van der Waals surface area (Å²) in [4.78, 5) is 14.4. The molecule has 1 aromatic rings. The lowest BCUT2D eigenvalue weighted by atomic mass is 10.1. The van der Waals surface area contributed by atoms with Gasteiger partial charge in [0.05, 0.1) is 5.69 Å². The van der Waals surface area contributed by atoms with Crippen LogP contribution in [-0.4, -0.2) is 26.3 Å². The third kappa shape index (κ3) is 1.09. The van der Waals surface area contributed by atoms with Crippen molar-refractivity contribution in [1.29, 1.82) is 0 Å². The van der Waals surface area contributed by atoms with E-state index in [1.807, 2.05) is 0 Å². The fourth-order valence-electron chi connectivity index (χ4n) is 1.74. The fraction of sp³-hybridized carbons (Fsp3) is 0.333. The molecule has 0 radical (unpaired) electrons. The molecule has 0 saturated carbocycles. The molecule has 0 aliphatic heterocycles. The van der Waals surface area contributed by atoms with Gasteiger partial charge in [-0.15, -0.1) is 0 Å². The highest BCUT2D eigenvalue weighted by molar-refractivity contribution is 5.93. The maximum atomic E-state index is 10.7. The van der Waals surface area contributed by atoms with Crippen molar-refractivity contribution in [3.05, 3.63) is 16.8 Å². The van der Waals surface area contributed by atoms with Crippen LogP contribution >= 0.6 is 0 Å². The number of carbonyl (C=O) groups is 1. The Kier molecular flexibility index (Phi) is 1.80. The van der Waals surface area contributed by atoms with Gasteiger partial charge in [0.15, 0.2) is 5.56 Å². The van der Waals surface area contributed by atoms with Gasteiger partial charge in [0.25, 0.3) is 0 Å². The van der Waals surface area contributed by atoms with E-state index in [0.717, 1.165) is 6.42 Å². The molecule has 5 heteroatoms. The van der Waals surface area contributed by atoms with Gasteiger partial charge < -0.3 is 15.3 Å². The van der Waals surface area contributed by atoms with Gasteiger partial charge >= 0.3 is 5.97 Å². The predicted octanol–water partition coefficient (Wildman–Crippen LogP) is 0.680. The van der Waals surface area contributed by atoms with Crippen LogP contribution in [-0.2, 0) is 12.8 Å². The average molecular weight is 195 g/mol. The number of hydrogen-bond acceptors (Lipinski definition) is 4. The number of fused-ring (bicyclic) bond motifs is 1. The number of aromatic carboxylic acids is 1. The minimum atomic E-state index is -1.36. The first-order chi connectivity index (χ1) is 6.61. The Hall–Kier alpha value is -1.78. The maximum Gasteiger partial charge on any atom is 0.345 e. The van der Waals surface area contributed by atoms with Gasteiger partial charge in [-0.2, -0.15) is 0 Å². The summed E-state index contributed by atoms with van der Waals surface area (Å²) in [6, 6.07) is 0. The van der Waals surface area contributed by atoms with E-state index >= 15 is 0 Å². The van der Waals surface area contributed by atoms with Gasteiger partial charge in [0.2, 0.25) is 5.88 Å². The lowest BCUT2D eigenvalue weighted by Crippen LogP contribution is -2.02. The van der Waals surface area contributed by atoms with Crippen molar-refractivity contribution >= 4 is 5.97 Å². The normalized spacial score (nSPS) is 14.0. The predicted molar refractivity (Wildman–Crippen MR) is 46.6 cm³/mol. The third-order valence-corrected chi connectivity index (χ3v) is 2.39. The van der Waals surface area contributed by atoms with Gasteiger partial charge in [0.1, 0.15) is 5.75 Å². The van der Waals surface area contributed by atoms with Gasteiger partial charge in [-0.3, -0.25) is 0 Å². The molecule has 74 valence electrons. The molecule has 0 atom stereocenters. The van der Waals surface area contributed by atoms with Crippen LogP contribution in [0.15, 0.2) is 0 Å². The minimum Gasteiger partial charge on any atom is -0.506 e. The van der Waals surface area contributed by atoms with Crippen LogP contribution in [0.5, 0.6) is 11.6 Å². The smallest absolute Gasteiger partial charge is 0.345 e. The summed E-state index contributed by atoms with van der Waals surface area (Å²) in [6.45, 7) is 0. The van der Waals surface area contributed by atoms with E-state index in [1.54, 1.807) is 0 Å². The number of aryl methyl sites for hydroxylation is 1. The molecule has 3 N–H and O–H groups in total. The standard InChI is InChI=1S/C9H9NO4/c11-7-4-2-1-3-5(4)10-8(12)6(7)9(13)14/h1-3H2,(H,13,14)(H2,10,11,12). The molecule has 0 amide bonds. The Balaban J connectivity index is 2.68. The molecule has 0 saturated heterocycles. The zero-order valence-electron chi connectivity index (χ0n) is 7.32. The molecule has 2 rings (SSSR count). The second-order valence-corrected chi connectivity index (χ2v) is 3.24. The lowest BCUT2D eigenvalue weighted by molar-refractivity contribution is 0.0689. The van der Waals surface area contributed by atoms with Crippen molar-refractivity contribution in [3.63, 3.8) is 0 Å². The summed E-state index contributed by atoms with van der Waals surface area (Å²) in [5, 5.41) is 27.6. The van der Waals surface area contributed by atoms with E-state index in [-0.39, 0.29) is 5.75 Å². The molecule has 14 heavy (non-hydrogen) atoms. The number of pyridine rings is 1. The van der Waals surface area contributed by atoms with Gasteiger partial charge in [-0.1, -0.05) is 0 Å². The summed E-state index contributed by atoms with van der Waals surface area (Å²) in [5.41, 5.74) is 0.663. The van der Waals surface area contributed by atoms with E-state index in [4.69, 9.17) is 5.11 Å². The Morgan fingerprint density at radius 2 is 2.00 bits per heavy atom. The summed E-state index contributed by atoms with van der Waals surface area (Å²) >= 11 is 0. The van der Waals surface area contributed by atoms with Crippen LogP contribution in [0.2, 0.25) is 0 Å². The monoisotopic (exact) mass is 195 g/mol. The molecular formula is C9H9NO4. The average Bonchev–Trinajstić information content (AvgIpc) is 2.50. The Morgan fingerprint density at radius 3 is 2.64 bits per heavy atom. The second kappa shape index (κ2) is 2.87. The number of hydrogen-bond donors (Lipinski definition) is 3. The first-order valence-electron chi connectivity index (χ1n) is 4.28. The molecule has 1 heterocycles. The SMILES string of the molecule is O=C(O)c1c(O)nc2c(c1O)CCC2. The molecule has 1 aromatic heterocycles. The van der Waals surface area contributed by atoms with Gasteiger partial charge in [-0.25, -0.2) is 9.78 Å². The number of aromatic hydroxyl groups is 2. The third-order valence-electron chi connectivity index (χ3n) is 2.39. The zero-order chi connectivity index (χ0) is 10.3. The van der Waals surface area contributed by atoms with E-state index in [9.17, 15) is 15.0 Å². The highest BCUT2D eigenvalue weighted by Gasteiger charge is 2.25. The van der Waals surface area contributed by atoms with E-state index in [2.05, 4.69) is 4.98 Å². The summed E-state index contributed by atoms with van der Waals surface area (Å²) < 4.78 is 0. The Labute approximate surface area is 79.6 Å². The van der Waals surface area contributed by atoms with Crippen LogP contribution in [0.1, 0.15) is 28.0 Å². The zero-order valence-corrected chi connectivity index (χ0v) is 7.32. The van der Waals surface area contributed by atoms with E-state index in [0.29, 0.717) is 24.1 Å². The first kappa shape index (κ1) is 8.80. The van der Waals surface area contributed by atoms with Gasteiger partial charge in [-0.05, 0) is 19.3 Å². The molecule has 0 bridgehead atoms. The molecule has 1 aliphatic carbocycles. The van der Waals surface area contributed by atoms with Crippen molar-refractivity contribution in [2.45, 2.75) is 19.3 Å². The van der Waals surface area contributed by atoms with Crippen LogP contribution in [0, 0.1) is 0 Å². The highest BCUT2D eigenvalue weighted by atomic mass is 16.4. The molecule has 1 aliphatic rings. The number of carboxylic acids is 1. The summed E-state index contributed by atoms with van der Waals surface area (Å²) in [7, 11) is 0. The van der Waals surface area contributed by atoms with Crippen molar-refractivity contribution in [2.75, 3.05) is 0 Å². The number of rotatable bonds is 1. The maximum absolute atomic E-state index is 10.7. The molecule has 0 aromatic carbocycles. The highest BCUT2D eigenvalue weighted by Crippen LogP contribution is 2.35. The Bertz CT molecular complexity index is 414. The van der Waals surface area contributed by atoms with Crippen LogP contribution in [0.3, 0.4) is 0 Å².